The first-order valence-corrected chi connectivity index (χ1v) is 5.35. The Labute approximate surface area is 94.4 Å². The van der Waals surface area contributed by atoms with Crippen molar-refractivity contribution in [1.29, 1.82) is 0 Å². The molecule has 0 saturated carbocycles. The lowest BCUT2D eigenvalue weighted by molar-refractivity contribution is -0.122. The minimum Gasteiger partial charge on any atom is -0.394 e. The third-order valence-electron chi connectivity index (χ3n) is 3.01. The smallest absolute Gasteiger partial charge is 0.242 e. The molecule has 16 heavy (non-hydrogen) atoms. The number of hydrogen-bond donors (Lipinski definition) is 2. The summed E-state index contributed by atoms with van der Waals surface area (Å²) in [5.41, 5.74) is 7.44. The molecule has 0 radical (unpaired) electrons. The highest BCUT2D eigenvalue weighted by atomic mass is 16.2. The monoisotopic (exact) mass is 223 g/mol. The number of nitrogens with zero attached hydrogens (tertiary/aromatic N) is 3. The third-order valence-corrected chi connectivity index (χ3v) is 3.01. The number of piperazine rings is 1. The Kier molecular flexibility index (Phi) is 2.49. The first kappa shape index (κ1) is 10.8. The number of rotatable bonds is 1. The predicted octanol–water partition coefficient (Wildman–Crippen LogP) is -0.365. The maximum atomic E-state index is 11.6. The molecular weight excluding hydrogens is 206 g/mol. The van der Waals surface area contributed by atoms with E-state index >= 15 is 0 Å². The molecule has 6 nitrogen and oxygen atoms in total. The minimum atomic E-state index is -0.203. The number of aryl methyl sites for hydroxylation is 2. The van der Waals surface area contributed by atoms with Gasteiger partial charge in [-0.1, -0.05) is 0 Å². The summed E-state index contributed by atoms with van der Waals surface area (Å²) in [6, 6.07) is -0.203. The molecule has 1 amide bonds. The van der Waals surface area contributed by atoms with Crippen LogP contribution in [0.2, 0.25) is 0 Å². The van der Waals surface area contributed by atoms with Gasteiger partial charge in [-0.15, -0.1) is 0 Å². The van der Waals surface area contributed by atoms with Crippen molar-refractivity contribution in [2.75, 3.05) is 23.7 Å². The Morgan fingerprint density at radius 1 is 1.56 bits per heavy atom. The fraction of sp³-hybridized carbons (Fsp3) is 0.600. The largest absolute Gasteiger partial charge is 0.394 e. The van der Waals surface area contributed by atoms with Gasteiger partial charge in [-0.3, -0.25) is 9.48 Å². The SMILES string of the molecule is Cc1nn(C)c(N2CCNC(=O)C2C)c1N. The number of anilines is 2. The standard InChI is InChI=1S/C10H17N5O/c1-6-8(11)10(14(3)13-6)15-5-4-12-9(16)7(15)2/h7H,4-5,11H2,1-3H3,(H,12,16). The van der Waals surface area contributed by atoms with E-state index in [1.807, 2.05) is 25.8 Å². The molecule has 0 bridgehead atoms. The van der Waals surface area contributed by atoms with Gasteiger partial charge in [-0.2, -0.15) is 5.10 Å². The lowest BCUT2D eigenvalue weighted by Gasteiger charge is -2.34. The van der Waals surface area contributed by atoms with Crippen LogP contribution in [0.15, 0.2) is 0 Å². The lowest BCUT2D eigenvalue weighted by Crippen LogP contribution is -2.54. The van der Waals surface area contributed by atoms with Crippen molar-refractivity contribution >= 4 is 17.4 Å². The molecule has 2 heterocycles. The highest BCUT2D eigenvalue weighted by molar-refractivity contribution is 5.87. The molecule has 1 aliphatic rings. The first-order valence-electron chi connectivity index (χ1n) is 5.35. The molecule has 2 rings (SSSR count). The summed E-state index contributed by atoms with van der Waals surface area (Å²) < 4.78 is 1.74. The van der Waals surface area contributed by atoms with E-state index in [2.05, 4.69) is 10.4 Å². The van der Waals surface area contributed by atoms with Gasteiger partial charge in [0.1, 0.15) is 6.04 Å². The highest BCUT2D eigenvalue weighted by Gasteiger charge is 2.29. The number of hydrogen-bond acceptors (Lipinski definition) is 4. The van der Waals surface area contributed by atoms with Crippen LogP contribution in [-0.2, 0) is 11.8 Å². The lowest BCUT2D eigenvalue weighted by atomic mass is 10.2. The number of amides is 1. The molecule has 3 N–H and O–H groups in total. The van der Waals surface area contributed by atoms with E-state index < -0.39 is 0 Å². The summed E-state index contributed by atoms with van der Waals surface area (Å²) in [5, 5.41) is 7.09. The Hall–Kier alpha value is -1.72. The summed E-state index contributed by atoms with van der Waals surface area (Å²) in [7, 11) is 1.85. The minimum absolute atomic E-state index is 0.0319. The number of nitrogen functional groups attached to an aromatic ring is 1. The van der Waals surface area contributed by atoms with Crippen molar-refractivity contribution in [3.8, 4) is 0 Å². The van der Waals surface area contributed by atoms with Crippen molar-refractivity contribution < 1.29 is 4.79 Å². The van der Waals surface area contributed by atoms with Crippen molar-refractivity contribution in [3.05, 3.63) is 5.69 Å². The molecule has 6 heteroatoms. The summed E-state index contributed by atoms with van der Waals surface area (Å²) in [5.74, 6) is 0.865. The van der Waals surface area contributed by atoms with Gasteiger partial charge in [0.05, 0.1) is 11.4 Å². The van der Waals surface area contributed by atoms with Gasteiger partial charge in [0.2, 0.25) is 5.91 Å². The topological polar surface area (TPSA) is 76.2 Å². The summed E-state index contributed by atoms with van der Waals surface area (Å²) >= 11 is 0. The van der Waals surface area contributed by atoms with Crippen molar-refractivity contribution in [3.63, 3.8) is 0 Å². The van der Waals surface area contributed by atoms with E-state index in [0.29, 0.717) is 12.2 Å². The second-order valence-electron chi connectivity index (χ2n) is 4.11. The quantitative estimate of drug-likeness (QED) is 0.681. The molecule has 1 fully saturated rings. The number of carbonyl (C=O) groups is 1. The molecule has 0 aliphatic carbocycles. The van der Waals surface area contributed by atoms with Crippen LogP contribution in [-0.4, -0.2) is 34.8 Å². The van der Waals surface area contributed by atoms with E-state index in [1.54, 1.807) is 4.68 Å². The van der Waals surface area contributed by atoms with E-state index in [0.717, 1.165) is 18.1 Å². The van der Waals surface area contributed by atoms with Gasteiger partial charge in [0, 0.05) is 20.1 Å². The number of aromatic nitrogens is 2. The second kappa shape index (κ2) is 3.70. The van der Waals surface area contributed by atoms with Crippen LogP contribution in [0.4, 0.5) is 11.5 Å². The van der Waals surface area contributed by atoms with Gasteiger partial charge >= 0.3 is 0 Å². The molecule has 88 valence electrons. The Morgan fingerprint density at radius 2 is 2.25 bits per heavy atom. The van der Waals surface area contributed by atoms with Crippen LogP contribution in [0.25, 0.3) is 0 Å². The van der Waals surface area contributed by atoms with Crippen LogP contribution < -0.4 is 16.0 Å². The first-order chi connectivity index (χ1) is 7.52. The Morgan fingerprint density at radius 3 is 2.81 bits per heavy atom. The van der Waals surface area contributed by atoms with Gasteiger partial charge in [-0.05, 0) is 13.8 Å². The Bertz CT molecular complexity index is 425. The molecule has 0 spiro atoms. The van der Waals surface area contributed by atoms with Crippen molar-refractivity contribution in [2.24, 2.45) is 7.05 Å². The zero-order chi connectivity index (χ0) is 11.9. The fourth-order valence-electron chi connectivity index (χ4n) is 2.07. The van der Waals surface area contributed by atoms with Crippen LogP contribution in [0.1, 0.15) is 12.6 Å². The maximum Gasteiger partial charge on any atom is 0.242 e. The molecule has 0 aromatic carbocycles. The van der Waals surface area contributed by atoms with E-state index in [9.17, 15) is 4.79 Å². The zero-order valence-electron chi connectivity index (χ0n) is 9.82. The van der Waals surface area contributed by atoms with Crippen LogP contribution in [0.3, 0.4) is 0 Å². The summed E-state index contributed by atoms with van der Waals surface area (Å²) in [4.78, 5) is 13.6. The summed E-state index contributed by atoms with van der Waals surface area (Å²) in [6.07, 6.45) is 0. The Balaban J connectivity index is 2.39. The fourth-order valence-corrected chi connectivity index (χ4v) is 2.07. The van der Waals surface area contributed by atoms with Crippen LogP contribution >= 0.6 is 0 Å². The third kappa shape index (κ3) is 1.50. The van der Waals surface area contributed by atoms with Crippen LogP contribution in [0.5, 0.6) is 0 Å². The molecular formula is C10H17N5O. The van der Waals surface area contributed by atoms with Gasteiger partial charge in [-0.25, -0.2) is 0 Å². The van der Waals surface area contributed by atoms with Crippen molar-refractivity contribution in [1.82, 2.24) is 15.1 Å². The van der Waals surface area contributed by atoms with Gasteiger partial charge < -0.3 is 16.0 Å². The zero-order valence-corrected chi connectivity index (χ0v) is 9.82. The second-order valence-corrected chi connectivity index (χ2v) is 4.11. The number of carbonyl (C=O) groups excluding carboxylic acids is 1. The predicted molar refractivity (Wildman–Crippen MR) is 62.2 cm³/mol. The van der Waals surface area contributed by atoms with Crippen LogP contribution in [0, 0.1) is 6.92 Å². The average molecular weight is 223 g/mol. The molecule has 1 unspecified atom stereocenters. The molecule has 1 aromatic rings. The summed E-state index contributed by atoms with van der Waals surface area (Å²) in [6.45, 7) is 5.15. The van der Waals surface area contributed by atoms with Gasteiger partial charge in [0.15, 0.2) is 5.82 Å². The molecule has 1 atom stereocenters. The van der Waals surface area contributed by atoms with E-state index in [1.165, 1.54) is 0 Å². The molecule has 1 saturated heterocycles. The normalized spacial score (nSPS) is 21.1. The van der Waals surface area contributed by atoms with E-state index in [-0.39, 0.29) is 11.9 Å². The average Bonchev–Trinajstić information content (AvgIpc) is 2.47. The highest BCUT2D eigenvalue weighted by Crippen LogP contribution is 2.27. The molecule has 1 aliphatic heterocycles. The van der Waals surface area contributed by atoms with E-state index in [4.69, 9.17) is 5.73 Å². The molecule has 1 aromatic heterocycles. The number of nitrogens with one attached hydrogen (secondary N) is 1. The van der Waals surface area contributed by atoms with Crippen molar-refractivity contribution in [2.45, 2.75) is 19.9 Å². The maximum absolute atomic E-state index is 11.6. The van der Waals surface area contributed by atoms with Gasteiger partial charge in [0.25, 0.3) is 0 Å². The number of nitrogens with two attached hydrogens (primary N) is 1.